The first-order valence-corrected chi connectivity index (χ1v) is 8.01. The molecule has 1 heterocycles. The third kappa shape index (κ3) is 3.61. The number of hydrogen-bond donors (Lipinski definition) is 0. The maximum atomic E-state index is 13.0. The zero-order chi connectivity index (χ0) is 18.5. The fourth-order valence-electron chi connectivity index (χ4n) is 2.47. The summed E-state index contributed by atoms with van der Waals surface area (Å²) in [5, 5.41) is 11.9. The smallest absolute Gasteiger partial charge is 0.198 e. The number of nitrogens with zero attached hydrogens (tertiary/aromatic N) is 5. The highest BCUT2D eigenvalue weighted by Gasteiger charge is 2.21. The second kappa shape index (κ2) is 7.60. The largest absolute Gasteiger partial charge is 0.497 e. The normalized spacial score (nSPS) is 11.3. The number of carbonyl (C=O) groups is 1. The van der Waals surface area contributed by atoms with Crippen molar-refractivity contribution in [1.29, 1.82) is 0 Å². The molecule has 0 amide bonds. The van der Waals surface area contributed by atoms with E-state index in [1.54, 1.807) is 30.3 Å². The summed E-state index contributed by atoms with van der Waals surface area (Å²) >= 11 is 0. The summed E-state index contributed by atoms with van der Waals surface area (Å²) in [6, 6.07) is 16.4. The van der Waals surface area contributed by atoms with Crippen LogP contribution in [0.1, 0.15) is 16.2 Å². The van der Waals surface area contributed by atoms with Gasteiger partial charge in [0.2, 0.25) is 0 Å². The minimum Gasteiger partial charge on any atom is -0.497 e. The molecule has 7 heteroatoms. The van der Waals surface area contributed by atoms with Crippen LogP contribution in [-0.4, -0.2) is 52.1 Å². The van der Waals surface area contributed by atoms with Crippen LogP contribution in [0.2, 0.25) is 0 Å². The van der Waals surface area contributed by atoms with Gasteiger partial charge in [0, 0.05) is 25.9 Å². The molecule has 3 rings (SSSR count). The number of ketones is 1. The highest BCUT2D eigenvalue weighted by atomic mass is 16.5. The average molecular weight is 349 g/mol. The van der Waals surface area contributed by atoms with Crippen molar-refractivity contribution >= 4 is 11.4 Å². The fraction of sp³-hybridized carbons (Fsp3) is 0.158. The van der Waals surface area contributed by atoms with E-state index in [-0.39, 0.29) is 5.78 Å². The number of methoxy groups -OCH3 is 1. The lowest BCUT2D eigenvalue weighted by Crippen LogP contribution is -2.13. The lowest BCUT2D eigenvalue weighted by atomic mass is 10.0. The van der Waals surface area contributed by atoms with E-state index < -0.39 is 0 Å². The minimum absolute atomic E-state index is 0.149. The van der Waals surface area contributed by atoms with Crippen molar-refractivity contribution in [2.75, 3.05) is 21.2 Å². The van der Waals surface area contributed by atoms with Gasteiger partial charge in [0.15, 0.2) is 11.6 Å². The second-order valence-electron chi connectivity index (χ2n) is 5.81. The molecule has 26 heavy (non-hydrogen) atoms. The summed E-state index contributed by atoms with van der Waals surface area (Å²) < 4.78 is 6.72. The summed E-state index contributed by atoms with van der Waals surface area (Å²) in [6.45, 7) is 0. The highest BCUT2D eigenvalue weighted by Crippen LogP contribution is 2.22. The molecule has 2 aromatic carbocycles. The van der Waals surface area contributed by atoms with Crippen molar-refractivity contribution in [3.8, 4) is 11.4 Å². The van der Waals surface area contributed by atoms with E-state index in [2.05, 4.69) is 15.5 Å². The molecule has 0 aliphatic rings. The Labute approximate surface area is 151 Å². The van der Waals surface area contributed by atoms with Gasteiger partial charge < -0.3 is 9.64 Å². The van der Waals surface area contributed by atoms with Crippen molar-refractivity contribution in [3.05, 3.63) is 72.2 Å². The number of ether oxygens (including phenoxy) is 1. The van der Waals surface area contributed by atoms with Crippen LogP contribution in [0.15, 0.2) is 60.8 Å². The van der Waals surface area contributed by atoms with E-state index in [4.69, 9.17) is 4.74 Å². The monoisotopic (exact) mass is 349 g/mol. The summed E-state index contributed by atoms with van der Waals surface area (Å²) in [5.41, 5.74) is 1.71. The topological polar surface area (TPSA) is 73.1 Å². The Hall–Kier alpha value is -3.48. The van der Waals surface area contributed by atoms with Crippen molar-refractivity contribution in [2.24, 2.45) is 0 Å². The summed E-state index contributed by atoms with van der Waals surface area (Å²) in [6.07, 6.45) is 1.72. The predicted molar refractivity (Wildman–Crippen MR) is 98.1 cm³/mol. The molecule has 0 atom stereocenters. The molecule has 7 nitrogen and oxygen atoms in total. The van der Waals surface area contributed by atoms with Gasteiger partial charge in [-0.25, -0.2) is 0 Å². The van der Waals surface area contributed by atoms with Gasteiger partial charge >= 0.3 is 0 Å². The first kappa shape index (κ1) is 17.3. The quantitative estimate of drug-likeness (QED) is 0.503. The van der Waals surface area contributed by atoms with Gasteiger partial charge in [0.05, 0.1) is 18.4 Å². The van der Waals surface area contributed by atoms with E-state index in [1.807, 2.05) is 56.6 Å². The van der Waals surface area contributed by atoms with E-state index in [9.17, 15) is 4.79 Å². The Morgan fingerprint density at radius 3 is 2.38 bits per heavy atom. The molecule has 0 saturated carbocycles. The molecule has 0 saturated heterocycles. The van der Waals surface area contributed by atoms with Gasteiger partial charge in [-0.05, 0) is 34.7 Å². The number of rotatable bonds is 6. The molecule has 0 unspecified atom stereocenters. The Bertz CT molecular complexity index is 915. The Morgan fingerprint density at radius 2 is 1.77 bits per heavy atom. The molecule has 0 aliphatic heterocycles. The number of allylic oxidation sites excluding steroid dienone is 1. The summed E-state index contributed by atoms with van der Waals surface area (Å²) in [5.74, 6) is 0.953. The van der Waals surface area contributed by atoms with Crippen molar-refractivity contribution < 1.29 is 9.53 Å². The van der Waals surface area contributed by atoms with Gasteiger partial charge in [-0.3, -0.25) is 4.79 Å². The summed E-state index contributed by atoms with van der Waals surface area (Å²) in [7, 11) is 5.30. The van der Waals surface area contributed by atoms with Crippen LogP contribution in [0.5, 0.6) is 5.75 Å². The standard InChI is InChI=1S/C19H19N5O2/c1-23(2)13-17(18(25)14-7-5-4-6-8-14)19-20-21-22-24(19)15-9-11-16(26-3)12-10-15/h4-13H,1-3H3/b17-13+. The fourth-order valence-corrected chi connectivity index (χ4v) is 2.47. The lowest BCUT2D eigenvalue weighted by molar-refractivity contribution is 0.105. The van der Waals surface area contributed by atoms with Crippen LogP contribution in [0.25, 0.3) is 11.3 Å². The molecule has 0 radical (unpaired) electrons. The van der Waals surface area contributed by atoms with Crippen LogP contribution in [0, 0.1) is 0 Å². The summed E-state index contributed by atoms with van der Waals surface area (Å²) in [4.78, 5) is 14.8. The number of carbonyl (C=O) groups excluding carboxylic acids is 1. The number of benzene rings is 2. The molecule has 0 aliphatic carbocycles. The second-order valence-corrected chi connectivity index (χ2v) is 5.81. The number of Topliss-reactive ketones (excluding diaryl/α,β-unsaturated/α-hetero) is 1. The van der Waals surface area contributed by atoms with E-state index in [0.717, 1.165) is 11.4 Å². The zero-order valence-corrected chi connectivity index (χ0v) is 14.8. The van der Waals surface area contributed by atoms with Crippen LogP contribution in [-0.2, 0) is 0 Å². The minimum atomic E-state index is -0.149. The van der Waals surface area contributed by atoms with E-state index >= 15 is 0 Å². The Morgan fingerprint density at radius 1 is 1.08 bits per heavy atom. The predicted octanol–water partition coefficient (Wildman–Crippen LogP) is 2.46. The molecule has 0 fully saturated rings. The number of hydrogen-bond acceptors (Lipinski definition) is 6. The highest BCUT2D eigenvalue weighted by molar-refractivity contribution is 6.28. The van der Waals surface area contributed by atoms with Crippen LogP contribution in [0.3, 0.4) is 0 Å². The van der Waals surface area contributed by atoms with Crippen molar-refractivity contribution in [1.82, 2.24) is 25.1 Å². The number of aromatic nitrogens is 4. The molecule has 3 aromatic rings. The van der Waals surface area contributed by atoms with Gasteiger partial charge in [-0.2, -0.15) is 4.68 Å². The molecular weight excluding hydrogens is 330 g/mol. The van der Waals surface area contributed by atoms with Gasteiger partial charge in [0.25, 0.3) is 0 Å². The van der Waals surface area contributed by atoms with Gasteiger partial charge in [0.1, 0.15) is 5.75 Å². The number of tetrazole rings is 1. The molecule has 1 aromatic heterocycles. The molecule has 132 valence electrons. The van der Waals surface area contributed by atoms with Crippen LogP contribution >= 0.6 is 0 Å². The first-order valence-electron chi connectivity index (χ1n) is 8.01. The van der Waals surface area contributed by atoms with Crippen molar-refractivity contribution in [3.63, 3.8) is 0 Å². The zero-order valence-electron chi connectivity index (χ0n) is 14.8. The third-order valence-corrected chi connectivity index (χ3v) is 3.70. The van der Waals surface area contributed by atoms with E-state index in [0.29, 0.717) is 17.0 Å². The lowest BCUT2D eigenvalue weighted by Gasteiger charge is -2.12. The maximum Gasteiger partial charge on any atom is 0.198 e. The first-order chi connectivity index (χ1) is 12.6. The Kier molecular flexibility index (Phi) is 5.07. The van der Waals surface area contributed by atoms with Crippen LogP contribution < -0.4 is 4.74 Å². The molecule has 0 bridgehead atoms. The molecular formula is C19H19N5O2. The molecule has 0 spiro atoms. The van der Waals surface area contributed by atoms with Gasteiger partial charge in [-0.1, -0.05) is 30.3 Å². The average Bonchev–Trinajstić information content (AvgIpc) is 3.15. The Balaban J connectivity index is 2.06. The maximum absolute atomic E-state index is 13.0. The van der Waals surface area contributed by atoms with Gasteiger partial charge in [-0.15, -0.1) is 5.10 Å². The van der Waals surface area contributed by atoms with Crippen molar-refractivity contribution in [2.45, 2.75) is 0 Å². The van der Waals surface area contributed by atoms with Crippen LogP contribution in [0.4, 0.5) is 0 Å². The van der Waals surface area contributed by atoms with E-state index in [1.165, 1.54) is 4.68 Å². The SMILES string of the molecule is COc1ccc(-n2nnnc2/C(=C/N(C)C)C(=O)c2ccccc2)cc1. The molecule has 0 N–H and O–H groups in total. The third-order valence-electron chi connectivity index (χ3n) is 3.70.